The van der Waals surface area contributed by atoms with Crippen molar-refractivity contribution in [3.63, 3.8) is 0 Å². The molecule has 0 aliphatic carbocycles. The maximum Gasteiger partial charge on any atom is 0.244 e. The first kappa shape index (κ1) is 18.8. The molecule has 0 N–H and O–H groups in total. The van der Waals surface area contributed by atoms with E-state index in [0.717, 1.165) is 11.5 Å². The number of hydrogen-bond acceptors (Lipinski definition) is 6. The molecule has 1 aromatic rings. The van der Waals surface area contributed by atoms with Crippen LogP contribution in [0.4, 0.5) is 0 Å². The van der Waals surface area contributed by atoms with E-state index in [1.165, 1.54) is 35.1 Å². The minimum absolute atomic E-state index is 0.0645. The van der Waals surface area contributed by atoms with Crippen molar-refractivity contribution in [1.82, 2.24) is 9.21 Å². The number of nitrogens with zero attached hydrogens (tertiary/aromatic N) is 2. The second kappa shape index (κ2) is 7.69. The van der Waals surface area contributed by atoms with Gasteiger partial charge in [0.1, 0.15) is 6.04 Å². The van der Waals surface area contributed by atoms with Gasteiger partial charge in [-0.15, -0.1) is 11.8 Å². The molecular weight excluding hydrogens is 380 g/mol. The molecule has 25 heavy (non-hydrogen) atoms. The molecule has 0 spiro atoms. The summed E-state index contributed by atoms with van der Waals surface area (Å²) < 4.78 is 27.3. The van der Waals surface area contributed by atoms with Gasteiger partial charge in [0.25, 0.3) is 0 Å². The molecule has 1 unspecified atom stereocenters. The fraction of sp³-hybridized carbons (Fsp3) is 0.500. The molecule has 2 aliphatic heterocycles. The van der Waals surface area contributed by atoms with Gasteiger partial charge >= 0.3 is 0 Å². The fourth-order valence-corrected chi connectivity index (χ4v) is 6.95. The Morgan fingerprint density at radius 1 is 1.16 bits per heavy atom. The van der Waals surface area contributed by atoms with Crippen molar-refractivity contribution in [2.24, 2.45) is 0 Å². The number of Topliss-reactive ketones (excluding diaryl/α,β-unsaturated/α-hetero) is 1. The van der Waals surface area contributed by atoms with Gasteiger partial charge in [-0.3, -0.25) is 9.59 Å². The fourth-order valence-electron chi connectivity index (χ4n) is 2.86. The van der Waals surface area contributed by atoms with Crippen LogP contribution in [0.5, 0.6) is 0 Å². The molecule has 1 aromatic carbocycles. The van der Waals surface area contributed by atoms with Crippen molar-refractivity contribution < 1.29 is 18.0 Å². The lowest BCUT2D eigenvalue weighted by molar-refractivity contribution is -0.133. The molecule has 9 heteroatoms. The van der Waals surface area contributed by atoms with Crippen LogP contribution in [0.2, 0.25) is 0 Å². The number of hydrogen-bond donors (Lipinski definition) is 0. The van der Waals surface area contributed by atoms with Crippen molar-refractivity contribution >= 4 is 45.2 Å². The molecule has 2 saturated heterocycles. The summed E-state index contributed by atoms with van der Waals surface area (Å²) in [6, 6.07) is 5.35. The van der Waals surface area contributed by atoms with Gasteiger partial charge in [0.05, 0.1) is 10.8 Å². The number of sulfonamides is 1. The van der Waals surface area contributed by atoms with Crippen LogP contribution in [-0.4, -0.2) is 71.6 Å². The summed E-state index contributed by atoms with van der Waals surface area (Å²) in [6.45, 7) is 2.73. The Hall–Kier alpha value is -1.03. The lowest BCUT2D eigenvalue weighted by Gasteiger charge is -2.31. The first-order valence-corrected chi connectivity index (χ1v) is 11.7. The number of carbonyl (C=O) groups excluding carboxylic acids is 2. The molecule has 2 aliphatic rings. The molecule has 6 nitrogen and oxygen atoms in total. The third kappa shape index (κ3) is 3.89. The summed E-state index contributed by atoms with van der Waals surface area (Å²) in [4.78, 5) is 26.2. The quantitative estimate of drug-likeness (QED) is 0.714. The summed E-state index contributed by atoms with van der Waals surface area (Å²) in [6.07, 6.45) is 0. The SMILES string of the molecule is CC(=O)c1cccc(S(=O)(=O)N2CSCC2C(=O)N2CCSCC2)c1. The highest BCUT2D eigenvalue weighted by molar-refractivity contribution is 8.00. The van der Waals surface area contributed by atoms with Gasteiger partial charge in [0, 0.05) is 35.9 Å². The Balaban J connectivity index is 1.86. The number of benzene rings is 1. The average Bonchev–Trinajstić information content (AvgIpc) is 3.12. The van der Waals surface area contributed by atoms with Crippen LogP contribution in [0.25, 0.3) is 0 Å². The van der Waals surface area contributed by atoms with E-state index >= 15 is 0 Å². The maximum atomic E-state index is 13.0. The lowest BCUT2D eigenvalue weighted by atomic mass is 10.2. The molecule has 0 aromatic heterocycles. The highest BCUT2D eigenvalue weighted by Gasteiger charge is 2.42. The van der Waals surface area contributed by atoms with E-state index in [9.17, 15) is 18.0 Å². The normalized spacial score (nSPS) is 22.1. The predicted octanol–water partition coefficient (Wildman–Crippen LogP) is 1.53. The van der Waals surface area contributed by atoms with Crippen LogP contribution in [0.3, 0.4) is 0 Å². The van der Waals surface area contributed by atoms with E-state index < -0.39 is 16.1 Å². The Morgan fingerprint density at radius 3 is 2.56 bits per heavy atom. The molecule has 3 rings (SSSR count). The number of rotatable bonds is 4. The summed E-state index contributed by atoms with van der Waals surface area (Å²) in [5.41, 5.74) is 0.351. The zero-order chi connectivity index (χ0) is 18.0. The van der Waals surface area contributed by atoms with Gasteiger partial charge in [0.2, 0.25) is 15.9 Å². The molecule has 136 valence electrons. The largest absolute Gasteiger partial charge is 0.340 e. The molecule has 1 amide bonds. The van der Waals surface area contributed by atoms with Gasteiger partial charge in [-0.1, -0.05) is 12.1 Å². The van der Waals surface area contributed by atoms with Crippen LogP contribution >= 0.6 is 23.5 Å². The van der Waals surface area contributed by atoms with Crippen LogP contribution in [-0.2, 0) is 14.8 Å². The van der Waals surface area contributed by atoms with Gasteiger partial charge in [0.15, 0.2) is 5.78 Å². The minimum Gasteiger partial charge on any atom is -0.340 e. The summed E-state index contributed by atoms with van der Waals surface area (Å²) >= 11 is 3.24. The molecule has 2 heterocycles. The second-order valence-electron chi connectivity index (χ2n) is 5.93. The van der Waals surface area contributed by atoms with Gasteiger partial charge in [-0.05, 0) is 19.1 Å². The van der Waals surface area contributed by atoms with Crippen LogP contribution in [0.15, 0.2) is 29.2 Å². The number of amides is 1. The van der Waals surface area contributed by atoms with E-state index in [0.29, 0.717) is 24.4 Å². The predicted molar refractivity (Wildman–Crippen MR) is 100 cm³/mol. The smallest absolute Gasteiger partial charge is 0.244 e. The van der Waals surface area contributed by atoms with E-state index in [1.807, 2.05) is 0 Å². The number of ketones is 1. The van der Waals surface area contributed by atoms with Crippen molar-refractivity contribution in [3.8, 4) is 0 Å². The van der Waals surface area contributed by atoms with E-state index in [2.05, 4.69) is 0 Å². The van der Waals surface area contributed by atoms with Crippen LogP contribution < -0.4 is 0 Å². The zero-order valence-corrected chi connectivity index (χ0v) is 16.3. The van der Waals surface area contributed by atoms with Crippen molar-refractivity contribution in [1.29, 1.82) is 0 Å². The van der Waals surface area contributed by atoms with Crippen molar-refractivity contribution in [2.75, 3.05) is 36.2 Å². The average molecular weight is 401 g/mol. The molecule has 0 saturated carbocycles. The van der Waals surface area contributed by atoms with E-state index in [1.54, 1.807) is 28.8 Å². The molecule has 1 atom stereocenters. The van der Waals surface area contributed by atoms with Gasteiger partial charge in [-0.2, -0.15) is 16.1 Å². The standard InChI is InChI=1S/C16H20N2O4S3/c1-12(19)13-3-2-4-14(9-13)25(21,22)18-11-24-10-15(18)16(20)17-5-7-23-8-6-17/h2-4,9,15H,5-8,10-11H2,1H3. The molecular formula is C16H20N2O4S3. The van der Waals surface area contributed by atoms with Crippen molar-refractivity contribution in [2.45, 2.75) is 17.9 Å². The van der Waals surface area contributed by atoms with E-state index in [4.69, 9.17) is 0 Å². The van der Waals surface area contributed by atoms with Gasteiger partial charge < -0.3 is 4.90 Å². The third-order valence-electron chi connectivity index (χ3n) is 4.30. The Kier molecular flexibility index (Phi) is 5.77. The summed E-state index contributed by atoms with van der Waals surface area (Å²) in [5.74, 6) is 2.19. The van der Waals surface area contributed by atoms with Crippen LogP contribution in [0.1, 0.15) is 17.3 Å². The highest BCUT2D eigenvalue weighted by Crippen LogP contribution is 2.30. The van der Waals surface area contributed by atoms with E-state index in [-0.39, 0.29) is 22.5 Å². The highest BCUT2D eigenvalue weighted by atomic mass is 32.2. The summed E-state index contributed by atoms with van der Waals surface area (Å²) in [5, 5.41) is 0. The first-order valence-electron chi connectivity index (χ1n) is 7.98. The molecule has 0 bridgehead atoms. The minimum atomic E-state index is -3.82. The lowest BCUT2D eigenvalue weighted by Crippen LogP contribution is -2.51. The second-order valence-corrected chi connectivity index (χ2v) is 10.0. The maximum absolute atomic E-state index is 13.0. The topological polar surface area (TPSA) is 74.8 Å². The first-order chi connectivity index (χ1) is 11.9. The number of thioether (sulfide) groups is 2. The zero-order valence-electron chi connectivity index (χ0n) is 13.9. The van der Waals surface area contributed by atoms with Crippen LogP contribution in [0, 0.1) is 0 Å². The summed E-state index contributed by atoms with van der Waals surface area (Å²) in [7, 11) is -3.82. The molecule has 0 radical (unpaired) electrons. The monoisotopic (exact) mass is 400 g/mol. The Bertz CT molecular complexity index is 775. The molecule has 2 fully saturated rings. The third-order valence-corrected chi connectivity index (χ3v) is 8.27. The Labute approximate surface area is 156 Å². The number of carbonyl (C=O) groups is 2. The van der Waals surface area contributed by atoms with Gasteiger partial charge in [-0.25, -0.2) is 8.42 Å². The Morgan fingerprint density at radius 2 is 1.88 bits per heavy atom. The van der Waals surface area contributed by atoms with Crippen molar-refractivity contribution in [3.05, 3.63) is 29.8 Å².